The van der Waals surface area contributed by atoms with E-state index in [1.807, 2.05) is 12.2 Å². The number of allylic oxidation sites excluding steroid dienone is 26. The van der Waals surface area contributed by atoms with Crippen LogP contribution in [0.25, 0.3) is 0 Å². The standard InChI is InChI=1S/C70H110O6/c1-4-7-10-13-16-19-22-25-28-31-34-35-37-39-42-45-48-51-54-57-60-63-69(72)75-66-67(65-74-68(71)62-59-56-53-50-47-44-41-38-33-30-27-24-21-18-15-12-9-6-3)76-70(73)64-61-58-55-52-49-46-43-40-36-32-29-26-23-20-17-14-11-8-5-2/h7-8,10-11,16-17,19-21,24-26,28-30,33-36,39-40,42,46,49,55,58,67H,4-6,9,12-15,18,22-23,27,31-32,37-38,41,43-45,47-48,50-54,56-57,59-66H2,1-3H3/b10-7-,11-8-,19-16-,20-17-,24-21-,28-25-,29-26-,33-30-,35-34-,40-36-,42-39-,49-46-,58-55-. The lowest BCUT2D eigenvalue weighted by molar-refractivity contribution is -0.166. The summed E-state index contributed by atoms with van der Waals surface area (Å²) in [6.07, 6.45) is 91.0. The molecule has 0 aromatic heterocycles. The van der Waals surface area contributed by atoms with Gasteiger partial charge in [0, 0.05) is 19.3 Å². The Bertz CT molecular complexity index is 1720. The Morgan fingerprint density at radius 2 is 0.539 bits per heavy atom. The third-order valence-corrected chi connectivity index (χ3v) is 12.3. The molecule has 6 heteroatoms. The highest BCUT2D eigenvalue weighted by Gasteiger charge is 2.19. The van der Waals surface area contributed by atoms with Crippen molar-refractivity contribution in [1.82, 2.24) is 0 Å². The molecule has 0 saturated carbocycles. The van der Waals surface area contributed by atoms with Crippen molar-refractivity contribution in [1.29, 1.82) is 0 Å². The van der Waals surface area contributed by atoms with E-state index >= 15 is 0 Å². The molecule has 0 aliphatic heterocycles. The Labute approximate surface area is 467 Å². The van der Waals surface area contributed by atoms with E-state index < -0.39 is 12.1 Å². The van der Waals surface area contributed by atoms with Crippen molar-refractivity contribution in [3.63, 3.8) is 0 Å². The van der Waals surface area contributed by atoms with Crippen LogP contribution in [0.1, 0.15) is 245 Å². The topological polar surface area (TPSA) is 78.9 Å². The molecule has 1 unspecified atom stereocenters. The van der Waals surface area contributed by atoms with Crippen molar-refractivity contribution in [2.45, 2.75) is 252 Å². The highest BCUT2D eigenvalue weighted by Crippen LogP contribution is 2.13. The average Bonchev–Trinajstić information content (AvgIpc) is 3.42. The molecule has 1 atom stereocenters. The van der Waals surface area contributed by atoms with Gasteiger partial charge < -0.3 is 14.2 Å². The zero-order valence-corrected chi connectivity index (χ0v) is 48.7. The molecule has 0 radical (unpaired) electrons. The van der Waals surface area contributed by atoms with E-state index in [1.165, 1.54) is 57.8 Å². The molecular weight excluding hydrogens is 937 g/mol. The average molecular weight is 1050 g/mol. The number of carbonyl (C=O) groups is 3. The van der Waals surface area contributed by atoms with Crippen molar-refractivity contribution < 1.29 is 28.6 Å². The monoisotopic (exact) mass is 1050 g/mol. The van der Waals surface area contributed by atoms with E-state index in [-0.39, 0.29) is 31.6 Å². The number of esters is 3. The summed E-state index contributed by atoms with van der Waals surface area (Å²) < 4.78 is 16.8. The van der Waals surface area contributed by atoms with E-state index in [9.17, 15) is 14.4 Å². The fourth-order valence-electron chi connectivity index (χ4n) is 7.76. The zero-order chi connectivity index (χ0) is 55.0. The predicted molar refractivity (Wildman–Crippen MR) is 329 cm³/mol. The van der Waals surface area contributed by atoms with Crippen LogP contribution >= 0.6 is 0 Å². The number of hydrogen-bond acceptors (Lipinski definition) is 6. The maximum Gasteiger partial charge on any atom is 0.306 e. The number of hydrogen-bond donors (Lipinski definition) is 0. The van der Waals surface area contributed by atoms with Crippen LogP contribution in [0.5, 0.6) is 0 Å². The SMILES string of the molecule is CC/C=C\C/C=C\C/C=C\C/C=C\C/C=C\C/C=C\CCC(=O)OC(COC(=O)CCCCCCC/C=C\C/C=C\C/C=C\C/C=C\C/C=C\CC)COC(=O)CCCCCCCCC/C=C\C/C=C\CCCCCC. The smallest absolute Gasteiger partial charge is 0.306 e. The van der Waals surface area contributed by atoms with Gasteiger partial charge in [0.25, 0.3) is 0 Å². The minimum Gasteiger partial charge on any atom is -0.462 e. The molecule has 0 aliphatic rings. The van der Waals surface area contributed by atoms with Gasteiger partial charge in [-0.05, 0) is 135 Å². The number of rotatable bonds is 53. The van der Waals surface area contributed by atoms with Gasteiger partial charge in [0.05, 0.1) is 0 Å². The molecule has 0 amide bonds. The fourth-order valence-corrected chi connectivity index (χ4v) is 7.76. The lowest BCUT2D eigenvalue weighted by Crippen LogP contribution is -2.30. The van der Waals surface area contributed by atoms with Crippen LogP contribution in [0, 0.1) is 0 Å². The molecule has 0 fully saturated rings. The van der Waals surface area contributed by atoms with Crippen molar-refractivity contribution in [2.24, 2.45) is 0 Å². The summed E-state index contributed by atoms with van der Waals surface area (Å²) in [7, 11) is 0. The maximum absolute atomic E-state index is 12.9. The van der Waals surface area contributed by atoms with Gasteiger partial charge in [-0.25, -0.2) is 0 Å². The first kappa shape index (κ1) is 71.0. The van der Waals surface area contributed by atoms with Gasteiger partial charge in [-0.2, -0.15) is 0 Å². The second-order valence-corrected chi connectivity index (χ2v) is 19.5. The van der Waals surface area contributed by atoms with E-state index in [0.717, 1.165) is 141 Å². The van der Waals surface area contributed by atoms with Crippen LogP contribution in [0.4, 0.5) is 0 Å². The van der Waals surface area contributed by atoms with Crippen LogP contribution in [0.15, 0.2) is 158 Å². The normalized spacial score (nSPS) is 13.2. The number of carbonyl (C=O) groups excluding carboxylic acids is 3. The van der Waals surface area contributed by atoms with E-state index in [2.05, 4.69) is 167 Å². The summed E-state index contributed by atoms with van der Waals surface area (Å²) in [5, 5.41) is 0. The first-order valence-electron chi connectivity index (χ1n) is 30.5. The minimum atomic E-state index is -0.840. The van der Waals surface area contributed by atoms with Crippen molar-refractivity contribution in [2.75, 3.05) is 13.2 Å². The van der Waals surface area contributed by atoms with Crippen molar-refractivity contribution in [3.8, 4) is 0 Å². The third-order valence-electron chi connectivity index (χ3n) is 12.3. The molecule has 0 heterocycles. The molecule has 0 aliphatic carbocycles. The summed E-state index contributed by atoms with van der Waals surface area (Å²) in [6, 6.07) is 0. The number of unbranched alkanes of at least 4 members (excludes halogenated alkanes) is 16. The van der Waals surface area contributed by atoms with Crippen LogP contribution in [-0.4, -0.2) is 37.2 Å². The van der Waals surface area contributed by atoms with Gasteiger partial charge in [0.2, 0.25) is 0 Å². The summed E-state index contributed by atoms with van der Waals surface area (Å²) in [5.74, 6) is -1.04. The summed E-state index contributed by atoms with van der Waals surface area (Å²) in [5.41, 5.74) is 0. The number of ether oxygens (including phenoxy) is 3. The third kappa shape index (κ3) is 59.9. The molecule has 426 valence electrons. The zero-order valence-electron chi connectivity index (χ0n) is 48.7. The summed E-state index contributed by atoms with van der Waals surface area (Å²) in [4.78, 5) is 38.3. The Hall–Kier alpha value is -4.97. The van der Waals surface area contributed by atoms with Gasteiger partial charge in [0.15, 0.2) is 6.10 Å². The van der Waals surface area contributed by atoms with E-state index in [0.29, 0.717) is 19.3 Å². The molecule has 0 N–H and O–H groups in total. The molecule has 0 aromatic rings. The van der Waals surface area contributed by atoms with E-state index in [4.69, 9.17) is 14.2 Å². The highest BCUT2D eigenvalue weighted by molar-refractivity contribution is 5.71. The highest BCUT2D eigenvalue weighted by atomic mass is 16.6. The molecule has 0 aromatic carbocycles. The van der Waals surface area contributed by atoms with E-state index in [1.54, 1.807) is 0 Å². The first-order valence-corrected chi connectivity index (χ1v) is 30.5. The van der Waals surface area contributed by atoms with Gasteiger partial charge in [-0.3, -0.25) is 14.4 Å². The Morgan fingerprint density at radius 3 is 0.855 bits per heavy atom. The second-order valence-electron chi connectivity index (χ2n) is 19.5. The minimum absolute atomic E-state index is 0.126. The molecule has 76 heavy (non-hydrogen) atoms. The summed E-state index contributed by atoms with van der Waals surface area (Å²) in [6.45, 7) is 6.30. The molecule has 0 spiro atoms. The second kappa shape index (κ2) is 62.6. The fraction of sp³-hybridized carbons (Fsp3) is 0.586. The molecule has 0 rings (SSSR count). The molecule has 0 saturated heterocycles. The van der Waals surface area contributed by atoms with Gasteiger partial charge in [-0.1, -0.05) is 249 Å². The molecule has 0 bridgehead atoms. The van der Waals surface area contributed by atoms with Crippen LogP contribution in [0.2, 0.25) is 0 Å². The van der Waals surface area contributed by atoms with Gasteiger partial charge in [0.1, 0.15) is 13.2 Å². The maximum atomic E-state index is 12.9. The largest absolute Gasteiger partial charge is 0.462 e. The Balaban J connectivity index is 4.58. The van der Waals surface area contributed by atoms with Gasteiger partial charge in [-0.15, -0.1) is 0 Å². The van der Waals surface area contributed by atoms with Crippen molar-refractivity contribution in [3.05, 3.63) is 158 Å². The van der Waals surface area contributed by atoms with Crippen LogP contribution in [0.3, 0.4) is 0 Å². The molecule has 6 nitrogen and oxygen atoms in total. The van der Waals surface area contributed by atoms with Crippen molar-refractivity contribution >= 4 is 17.9 Å². The summed E-state index contributed by atoms with van der Waals surface area (Å²) >= 11 is 0. The van der Waals surface area contributed by atoms with Crippen LogP contribution < -0.4 is 0 Å². The lowest BCUT2D eigenvalue weighted by atomic mass is 10.1. The Morgan fingerprint density at radius 1 is 0.276 bits per heavy atom. The lowest BCUT2D eigenvalue weighted by Gasteiger charge is -2.18. The quantitative estimate of drug-likeness (QED) is 0.0261. The Kier molecular flexibility index (Phi) is 58.5. The first-order chi connectivity index (χ1) is 37.5. The molecular formula is C70H110O6. The van der Waals surface area contributed by atoms with Gasteiger partial charge >= 0.3 is 17.9 Å². The van der Waals surface area contributed by atoms with Crippen LogP contribution in [-0.2, 0) is 28.6 Å². The predicted octanol–water partition coefficient (Wildman–Crippen LogP) is 20.9.